The summed E-state index contributed by atoms with van der Waals surface area (Å²) in [6.45, 7) is 6.68. The third-order valence-electron chi connectivity index (χ3n) is 4.32. The molecule has 3 aromatic rings. The van der Waals surface area contributed by atoms with E-state index >= 15 is 0 Å². The number of nitrogens with one attached hydrogen (secondary N) is 2. The lowest BCUT2D eigenvalue weighted by Crippen LogP contribution is -2.14. The minimum absolute atomic E-state index is 0.0574. The van der Waals surface area contributed by atoms with Gasteiger partial charge >= 0.3 is 0 Å². The Kier molecular flexibility index (Phi) is 5.68. The number of amides is 1. The van der Waals surface area contributed by atoms with Crippen LogP contribution in [0.15, 0.2) is 60.9 Å². The molecule has 3 rings (SSSR count). The molecule has 2 aromatic carbocycles. The zero-order valence-electron chi connectivity index (χ0n) is 16.2. The maximum atomic E-state index is 13.6. The molecule has 0 saturated heterocycles. The summed E-state index contributed by atoms with van der Waals surface area (Å²) < 4.78 is 13.6. The van der Waals surface area contributed by atoms with Crippen molar-refractivity contribution in [1.29, 1.82) is 0 Å². The number of anilines is 2. The maximum absolute atomic E-state index is 13.6. The van der Waals surface area contributed by atoms with Crippen LogP contribution >= 0.6 is 0 Å². The number of carbonyl (C=O) groups is 1. The minimum atomic E-state index is -0.288. The first-order chi connectivity index (χ1) is 13.3. The minimum Gasteiger partial charge on any atom is -0.350 e. The summed E-state index contributed by atoms with van der Waals surface area (Å²) in [6.07, 6.45) is 2.88. The molecule has 0 aliphatic heterocycles. The van der Waals surface area contributed by atoms with Gasteiger partial charge in [0.1, 0.15) is 5.82 Å². The van der Waals surface area contributed by atoms with Gasteiger partial charge in [-0.3, -0.25) is 4.79 Å². The van der Waals surface area contributed by atoms with Crippen LogP contribution in [0, 0.1) is 5.82 Å². The van der Waals surface area contributed by atoms with E-state index in [2.05, 4.69) is 41.4 Å². The first-order valence-corrected chi connectivity index (χ1v) is 9.04. The highest BCUT2D eigenvalue weighted by Gasteiger charge is 2.14. The lowest BCUT2D eigenvalue weighted by Gasteiger charge is -2.19. The zero-order valence-corrected chi connectivity index (χ0v) is 16.2. The molecule has 0 unspecified atom stereocenters. The van der Waals surface area contributed by atoms with Gasteiger partial charge in [0.15, 0.2) is 0 Å². The van der Waals surface area contributed by atoms with Gasteiger partial charge in [-0.1, -0.05) is 51.1 Å². The molecule has 0 fully saturated rings. The number of aromatic nitrogens is 2. The predicted octanol–water partition coefficient (Wildman–Crippen LogP) is 4.78. The lowest BCUT2D eigenvalue weighted by molar-refractivity contribution is 0.102. The smallest absolute Gasteiger partial charge is 0.258 e. The van der Waals surface area contributed by atoms with Crippen LogP contribution in [0.4, 0.5) is 16.0 Å². The number of hydrogen-bond donors (Lipinski definition) is 2. The zero-order chi connectivity index (χ0) is 20.1. The van der Waals surface area contributed by atoms with Crippen LogP contribution in [0.25, 0.3) is 0 Å². The van der Waals surface area contributed by atoms with Crippen molar-refractivity contribution in [1.82, 2.24) is 9.97 Å². The van der Waals surface area contributed by atoms with Crippen LogP contribution in [0.5, 0.6) is 0 Å². The van der Waals surface area contributed by atoms with E-state index in [0.717, 1.165) is 0 Å². The Balaban J connectivity index is 1.60. The highest BCUT2D eigenvalue weighted by Crippen LogP contribution is 2.23. The Bertz CT molecular complexity index is 948. The van der Waals surface area contributed by atoms with E-state index in [-0.39, 0.29) is 23.7 Å². The van der Waals surface area contributed by atoms with Gasteiger partial charge in [-0.2, -0.15) is 0 Å². The van der Waals surface area contributed by atoms with Crippen LogP contribution in [0.2, 0.25) is 0 Å². The quantitative estimate of drug-likeness (QED) is 0.671. The van der Waals surface area contributed by atoms with Crippen molar-refractivity contribution in [2.24, 2.45) is 0 Å². The maximum Gasteiger partial charge on any atom is 0.258 e. The summed E-state index contributed by atoms with van der Waals surface area (Å²) in [5, 5.41) is 5.78. The van der Waals surface area contributed by atoms with Crippen LogP contribution in [-0.2, 0) is 12.0 Å². The summed E-state index contributed by atoms with van der Waals surface area (Å²) in [6, 6.07) is 14.3. The summed E-state index contributed by atoms with van der Waals surface area (Å²) in [4.78, 5) is 20.6. The molecule has 5 nitrogen and oxygen atoms in total. The van der Waals surface area contributed by atoms with Gasteiger partial charge in [-0.05, 0) is 29.2 Å². The number of rotatable bonds is 5. The van der Waals surface area contributed by atoms with E-state index in [1.165, 1.54) is 24.0 Å². The van der Waals surface area contributed by atoms with Gasteiger partial charge in [0.05, 0.1) is 5.56 Å². The molecule has 144 valence electrons. The molecule has 0 aliphatic carbocycles. The van der Waals surface area contributed by atoms with E-state index < -0.39 is 0 Å². The Hall–Kier alpha value is -3.28. The van der Waals surface area contributed by atoms with Gasteiger partial charge in [0.25, 0.3) is 5.91 Å². The molecule has 0 saturated carbocycles. The fourth-order valence-corrected chi connectivity index (χ4v) is 2.61. The molecule has 0 bridgehead atoms. The van der Waals surface area contributed by atoms with E-state index in [9.17, 15) is 9.18 Å². The second kappa shape index (κ2) is 8.17. The van der Waals surface area contributed by atoms with Crippen molar-refractivity contribution in [3.05, 3.63) is 83.4 Å². The van der Waals surface area contributed by atoms with Gasteiger partial charge in [0, 0.05) is 30.2 Å². The molecule has 0 spiro atoms. The Morgan fingerprint density at radius 2 is 1.64 bits per heavy atom. The van der Waals surface area contributed by atoms with Gasteiger partial charge in [-0.25, -0.2) is 14.4 Å². The number of halogens is 1. The van der Waals surface area contributed by atoms with E-state index in [4.69, 9.17) is 0 Å². The van der Waals surface area contributed by atoms with Gasteiger partial charge in [0.2, 0.25) is 5.95 Å². The molecular formula is C22H23FN4O. The number of benzene rings is 2. The first kappa shape index (κ1) is 19.5. The van der Waals surface area contributed by atoms with E-state index in [0.29, 0.717) is 22.8 Å². The van der Waals surface area contributed by atoms with Crippen molar-refractivity contribution < 1.29 is 9.18 Å². The molecule has 6 heteroatoms. The van der Waals surface area contributed by atoms with Crippen molar-refractivity contribution >= 4 is 17.5 Å². The van der Waals surface area contributed by atoms with E-state index in [1.54, 1.807) is 18.2 Å². The SMILES string of the molecule is CC(C)(C)c1ccc(NC(=O)c2cnc(NCc3ccccc3F)nc2)cc1. The highest BCUT2D eigenvalue weighted by atomic mass is 19.1. The molecule has 1 amide bonds. The van der Waals surface area contributed by atoms with Crippen LogP contribution in [0.1, 0.15) is 42.3 Å². The Morgan fingerprint density at radius 1 is 1.00 bits per heavy atom. The molecule has 1 heterocycles. The topological polar surface area (TPSA) is 66.9 Å². The number of carbonyl (C=O) groups excluding carboxylic acids is 1. The van der Waals surface area contributed by atoms with Crippen molar-refractivity contribution in [3.63, 3.8) is 0 Å². The third-order valence-corrected chi connectivity index (χ3v) is 4.32. The molecule has 0 radical (unpaired) electrons. The standard InChI is InChI=1S/C22H23FN4O/c1-22(2,3)17-8-10-18(11-9-17)27-20(28)16-13-25-21(26-14-16)24-12-15-6-4-5-7-19(15)23/h4-11,13-14H,12H2,1-3H3,(H,27,28)(H,24,25,26). The second-order valence-electron chi connectivity index (χ2n) is 7.52. The third kappa shape index (κ3) is 4.91. The normalized spacial score (nSPS) is 11.1. The molecule has 0 atom stereocenters. The lowest BCUT2D eigenvalue weighted by atomic mass is 9.87. The van der Waals surface area contributed by atoms with E-state index in [1.807, 2.05) is 24.3 Å². The van der Waals surface area contributed by atoms with Gasteiger partial charge in [-0.15, -0.1) is 0 Å². The monoisotopic (exact) mass is 378 g/mol. The average molecular weight is 378 g/mol. The molecule has 28 heavy (non-hydrogen) atoms. The van der Waals surface area contributed by atoms with Crippen LogP contribution < -0.4 is 10.6 Å². The molecule has 0 aliphatic rings. The summed E-state index contributed by atoms with van der Waals surface area (Å²) in [7, 11) is 0. The summed E-state index contributed by atoms with van der Waals surface area (Å²) in [5.74, 6) is -0.248. The summed E-state index contributed by atoms with van der Waals surface area (Å²) in [5.41, 5.74) is 2.82. The van der Waals surface area contributed by atoms with Crippen molar-refractivity contribution in [2.45, 2.75) is 32.7 Å². The Morgan fingerprint density at radius 3 is 2.25 bits per heavy atom. The fraction of sp³-hybridized carbons (Fsp3) is 0.227. The largest absolute Gasteiger partial charge is 0.350 e. The van der Waals surface area contributed by atoms with Crippen molar-refractivity contribution in [2.75, 3.05) is 10.6 Å². The first-order valence-electron chi connectivity index (χ1n) is 9.04. The molecule has 1 aromatic heterocycles. The fourth-order valence-electron chi connectivity index (χ4n) is 2.61. The van der Waals surface area contributed by atoms with Gasteiger partial charge < -0.3 is 10.6 Å². The highest BCUT2D eigenvalue weighted by molar-refractivity contribution is 6.03. The average Bonchev–Trinajstić information content (AvgIpc) is 2.67. The molecule has 2 N–H and O–H groups in total. The second-order valence-corrected chi connectivity index (χ2v) is 7.52. The van der Waals surface area contributed by atoms with Crippen molar-refractivity contribution in [3.8, 4) is 0 Å². The number of hydrogen-bond acceptors (Lipinski definition) is 4. The van der Waals surface area contributed by atoms with Crippen LogP contribution in [-0.4, -0.2) is 15.9 Å². The Labute approximate surface area is 164 Å². The molecular weight excluding hydrogens is 355 g/mol. The summed E-state index contributed by atoms with van der Waals surface area (Å²) >= 11 is 0. The number of nitrogens with zero attached hydrogens (tertiary/aromatic N) is 2. The van der Waals surface area contributed by atoms with Crippen LogP contribution in [0.3, 0.4) is 0 Å². The predicted molar refractivity (Wildman–Crippen MR) is 109 cm³/mol.